The number of Topliss-reactive ketones (excluding diaryl/α,β-unsaturated/α-hetero) is 1. The minimum absolute atomic E-state index is 0.459. The van der Waals surface area contributed by atoms with Gasteiger partial charge in [0.1, 0.15) is 0 Å². The number of nitrogens with one attached hydrogen (secondary N) is 1. The van der Waals surface area contributed by atoms with E-state index >= 15 is 0 Å². The molecule has 12 heavy (non-hydrogen) atoms. The zero-order chi connectivity index (χ0) is 8.72. The summed E-state index contributed by atoms with van der Waals surface area (Å²) in [6.45, 7) is 3.72. The van der Waals surface area contributed by atoms with Crippen molar-refractivity contribution in [2.75, 3.05) is 0 Å². The maximum absolute atomic E-state index is 11.2. The molecule has 3 heteroatoms. The van der Waals surface area contributed by atoms with Crippen LogP contribution in [0, 0.1) is 0 Å². The summed E-state index contributed by atoms with van der Waals surface area (Å²) in [6, 6.07) is 0. The van der Waals surface area contributed by atoms with E-state index in [9.17, 15) is 9.59 Å². The van der Waals surface area contributed by atoms with Crippen LogP contribution in [0.1, 0.15) is 6.42 Å². The zero-order valence-electron chi connectivity index (χ0n) is 6.39. The fourth-order valence-corrected chi connectivity index (χ4v) is 1.37. The largest absolute Gasteiger partial charge is 0.318 e. The Morgan fingerprint density at radius 1 is 1.42 bits per heavy atom. The molecule has 0 saturated carbocycles. The van der Waals surface area contributed by atoms with Gasteiger partial charge in [-0.25, -0.2) is 0 Å². The molecule has 1 amide bonds. The van der Waals surface area contributed by atoms with Crippen molar-refractivity contribution in [2.24, 2.45) is 0 Å². The molecule has 0 aromatic carbocycles. The number of carbonyl (C=O) groups is 2. The van der Waals surface area contributed by atoms with Crippen molar-refractivity contribution in [2.45, 2.75) is 6.42 Å². The monoisotopic (exact) mass is 161 g/mol. The van der Waals surface area contributed by atoms with E-state index in [1.807, 2.05) is 6.08 Å². The topological polar surface area (TPSA) is 46.2 Å². The molecule has 2 rings (SSSR count). The second-order valence-electron chi connectivity index (χ2n) is 2.78. The lowest BCUT2D eigenvalue weighted by Gasteiger charge is -2.07. The van der Waals surface area contributed by atoms with Crippen molar-refractivity contribution in [3.63, 3.8) is 0 Å². The lowest BCUT2D eigenvalue weighted by Crippen LogP contribution is -2.20. The number of hydrogen-bond acceptors (Lipinski definition) is 2. The number of hydrogen-bond donors (Lipinski definition) is 1. The van der Waals surface area contributed by atoms with Gasteiger partial charge >= 0.3 is 0 Å². The molecular weight excluding hydrogens is 154 g/mol. The van der Waals surface area contributed by atoms with E-state index in [4.69, 9.17) is 0 Å². The van der Waals surface area contributed by atoms with Gasteiger partial charge in [0.05, 0.1) is 11.3 Å². The minimum atomic E-state index is -0.548. The van der Waals surface area contributed by atoms with Gasteiger partial charge in [-0.3, -0.25) is 9.59 Å². The Labute approximate surface area is 69.5 Å². The van der Waals surface area contributed by atoms with E-state index in [2.05, 4.69) is 11.9 Å². The molecule has 0 aromatic heterocycles. The van der Waals surface area contributed by atoms with Gasteiger partial charge in [0.25, 0.3) is 11.7 Å². The molecule has 0 saturated heterocycles. The van der Waals surface area contributed by atoms with E-state index in [1.54, 1.807) is 6.08 Å². The van der Waals surface area contributed by atoms with Crippen LogP contribution in [-0.4, -0.2) is 11.7 Å². The first-order valence-corrected chi connectivity index (χ1v) is 3.65. The third-order valence-electron chi connectivity index (χ3n) is 1.95. The van der Waals surface area contributed by atoms with E-state index < -0.39 is 11.7 Å². The molecule has 0 spiro atoms. The van der Waals surface area contributed by atoms with Crippen molar-refractivity contribution in [1.82, 2.24) is 5.32 Å². The van der Waals surface area contributed by atoms with E-state index in [1.165, 1.54) is 0 Å². The zero-order valence-corrected chi connectivity index (χ0v) is 6.39. The van der Waals surface area contributed by atoms with Crippen LogP contribution in [0.2, 0.25) is 0 Å². The second-order valence-corrected chi connectivity index (χ2v) is 2.78. The van der Waals surface area contributed by atoms with E-state index in [0.29, 0.717) is 17.7 Å². The maximum Gasteiger partial charge on any atom is 0.296 e. The van der Waals surface area contributed by atoms with Crippen molar-refractivity contribution < 1.29 is 9.59 Å². The molecule has 2 aliphatic rings. The molecule has 0 fully saturated rings. The minimum Gasteiger partial charge on any atom is -0.318 e. The van der Waals surface area contributed by atoms with Gasteiger partial charge in [-0.2, -0.15) is 0 Å². The average Bonchev–Trinajstić information content (AvgIpc) is 2.29. The van der Waals surface area contributed by atoms with Crippen molar-refractivity contribution in [3.05, 3.63) is 35.6 Å². The molecular formula is C9H7NO2. The first kappa shape index (κ1) is 7.03. The molecule has 1 N–H and O–H groups in total. The molecule has 0 unspecified atom stereocenters. The third kappa shape index (κ3) is 0.763. The van der Waals surface area contributed by atoms with Crippen LogP contribution in [0.3, 0.4) is 0 Å². The predicted octanol–water partition coefficient (Wildman–Crippen LogP) is 0.455. The van der Waals surface area contributed by atoms with Crippen LogP contribution in [0.4, 0.5) is 0 Å². The van der Waals surface area contributed by atoms with Crippen molar-refractivity contribution in [1.29, 1.82) is 0 Å². The molecule has 1 heterocycles. The van der Waals surface area contributed by atoms with Gasteiger partial charge in [0, 0.05) is 0 Å². The Bertz CT molecular complexity index is 361. The fourth-order valence-electron chi connectivity index (χ4n) is 1.37. The Kier molecular flexibility index (Phi) is 1.27. The number of amides is 1. The maximum atomic E-state index is 11.2. The Balaban J connectivity index is 2.53. The molecule has 0 aromatic rings. The summed E-state index contributed by atoms with van der Waals surface area (Å²) in [4.78, 5) is 22.1. The number of carbonyl (C=O) groups excluding carboxylic acids is 2. The Morgan fingerprint density at radius 2 is 2.17 bits per heavy atom. The van der Waals surface area contributed by atoms with Gasteiger partial charge in [0.15, 0.2) is 0 Å². The SMILES string of the molecule is C=C1CC=CC2=C1C(=O)C(=O)N2. The summed E-state index contributed by atoms with van der Waals surface area (Å²) < 4.78 is 0. The van der Waals surface area contributed by atoms with Crippen LogP contribution >= 0.6 is 0 Å². The van der Waals surface area contributed by atoms with Crippen LogP contribution in [0.25, 0.3) is 0 Å². The summed E-state index contributed by atoms with van der Waals surface area (Å²) in [7, 11) is 0. The number of rotatable bonds is 0. The highest BCUT2D eigenvalue weighted by Crippen LogP contribution is 2.26. The first-order valence-electron chi connectivity index (χ1n) is 3.65. The molecule has 0 radical (unpaired) electrons. The quantitative estimate of drug-likeness (QED) is 0.524. The van der Waals surface area contributed by atoms with Crippen molar-refractivity contribution in [3.8, 4) is 0 Å². The highest BCUT2D eigenvalue weighted by Gasteiger charge is 2.32. The summed E-state index contributed by atoms with van der Waals surface area (Å²) in [6.07, 6.45) is 4.27. The molecule has 1 aliphatic heterocycles. The summed E-state index contributed by atoms with van der Waals surface area (Å²) >= 11 is 0. The highest BCUT2D eigenvalue weighted by atomic mass is 16.2. The summed E-state index contributed by atoms with van der Waals surface area (Å²) in [5.74, 6) is -1.01. The number of allylic oxidation sites excluding steroid dienone is 3. The predicted molar refractivity (Wildman–Crippen MR) is 43.1 cm³/mol. The van der Waals surface area contributed by atoms with Gasteiger partial charge in [-0.05, 0) is 18.1 Å². The van der Waals surface area contributed by atoms with Crippen LogP contribution in [-0.2, 0) is 9.59 Å². The summed E-state index contributed by atoms with van der Waals surface area (Å²) in [5, 5.41) is 2.48. The second kappa shape index (κ2) is 2.17. The molecule has 3 nitrogen and oxygen atoms in total. The molecule has 0 bridgehead atoms. The average molecular weight is 161 g/mol. The lowest BCUT2D eigenvalue weighted by molar-refractivity contribution is -0.134. The third-order valence-corrected chi connectivity index (χ3v) is 1.95. The summed E-state index contributed by atoms with van der Waals surface area (Å²) in [5.41, 5.74) is 1.78. The van der Waals surface area contributed by atoms with Gasteiger partial charge in [-0.15, -0.1) is 0 Å². The molecule has 0 atom stereocenters. The smallest absolute Gasteiger partial charge is 0.296 e. The van der Waals surface area contributed by atoms with E-state index in [-0.39, 0.29) is 0 Å². The van der Waals surface area contributed by atoms with Crippen LogP contribution < -0.4 is 5.32 Å². The fraction of sp³-hybridized carbons (Fsp3) is 0.111. The Morgan fingerprint density at radius 3 is 2.83 bits per heavy atom. The lowest BCUT2D eigenvalue weighted by atomic mass is 9.96. The van der Waals surface area contributed by atoms with Crippen molar-refractivity contribution >= 4 is 11.7 Å². The van der Waals surface area contributed by atoms with Crippen LogP contribution in [0.15, 0.2) is 35.6 Å². The standard InChI is InChI=1S/C9H7NO2/c1-5-3-2-4-6-7(5)8(11)9(12)10-6/h2,4H,1,3H2,(H,10,11,12). The highest BCUT2D eigenvalue weighted by molar-refractivity contribution is 6.46. The van der Waals surface area contributed by atoms with Gasteiger partial charge in [0.2, 0.25) is 0 Å². The first-order chi connectivity index (χ1) is 5.70. The van der Waals surface area contributed by atoms with Gasteiger partial charge < -0.3 is 5.32 Å². The Hall–Kier alpha value is -1.64. The normalized spacial score (nSPS) is 21.5. The number of ketones is 1. The van der Waals surface area contributed by atoms with Gasteiger partial charge in [-0.1, -0.05) is 12.7 Å². The molecule has 60 valence electrons. The molecule has 1 aliphatic carbocycles. The van der Waals surface area contributed by atoms with Crippen LogP contribution in [0.5, 0.6) is 0 Å². The van der Waals surface area contributed by atoms with E-state index in [0.717, 1.165) is 5.57 Å².